The highest BCUT2D eigenvalue weighted by atomic mass is 31.2. The molecule has 0 bridgehead atoms. The monoisotopic (exact) mass is 1200 g/mol. The van der Waals surface area contributed by atoms with Gasteiger partial charge in [0.05, 0.1) is 27.7 Å². The number of unbranched alkanes of at least 4 members (excludes halogenated alkanes) is 46. The van der Waals surface area contributed by atoms with Crippen LogP contribution in [0.25, 0.3) is 0 Å². The zero-order chi connectivity index (χ0) is 61.2. The van der Waals surface area contributed by atoms with Crippen LogP contribution >= 0.6 is 7.82 Å². The van der Waals surface area contributed by atoms with Gasteiger partial charge in [0.1, 0.15) is 19.8 Å². The first-order valence-corrected chi connectivity index (χ1v) is 37.8. The molecule has 0 radical (unpaired) electrons. The fourth-order valence-electron chi connectivity index (χ4n) is 10.7. The lowest BCUT2D eigenvalue weighted by Gasteiger charge is -2.28. The molecule has 0 rings (SSSR count). The van der Waals surface area contributed by atoms with Gasteiger partial charge >= 0.3 is 11.9 Å². The van der Waals surface area contributed by atoms with Crippen molar-refractivity contribution >= 4 is 19.8 Å². The zero-order valence-electron chi connectivity index (χ0n) is 56.4. The number of carbonyl (C=O) groups is 2. The van der Waals surface area contributed by atoms with Crippen molar-refractivity contribution in [1.29, 1.82) is 0 Å². The summed E-state index contributed by atoms with van der Waals surface area (Å²) in [7, 11) is 1.18. The molecule has 0 aromatic carbocycles. The quantitative estimate of drug-likeness (QED) is 0.0195. The lowest BCUT2D eigenvalue weighted by atomic mass is 10.0. The van der Waals surface area contributed by atoms with E-state index in [0.717, 1.165) is 44.9 Å². The number of allylic oxidation sites excluding steroid dienone is 8. The molecule has 0 aromatic rings. The van der Waals surface area contributed by atoms with Gasteiger partial charge in [-0.25, -0.2) is 0 Å². The third-order valence-electron chi connectivity index (χ3n) is 16.3. The molecule has 9 nitrogen and oxygen atoms in total. The molecule has 2 unspecified atom stereocenters. The summed E-state index contributed by atoms with van der Waals surface area (Å²) in [5.41, 5.74) is 0. The van der Waals surface area contributed by atoms with E-state index in [-0.39, 0.29) is 32.0 Å². The Balaban J connectivity index is 3.99. The van der Waals surface area contributed by atoms with Crippen molar-refractivity contribution in [2.75, 3.05) is 47.5 Å². The molecule has 0 saturated carbocycles. The van der Waals surface area contributed by atoms with Crippen LogP contribution in [0.1, 0.15) is 361 Å². The number of esters is 2. The van der Waals surface area contributed by atoms with Gasteiger partial charge in [-0.15, -0.1) is 0 Å². The molecule has 494 valence electrons. The van der Waals surface area contributed by atoms with Gasteiger partial charge in [0.2, 0.25) is 0 Å². The van der Waals surface area contributed by atoms with Gasteiger partial charge in [0.25, 0.3) is 7.82 Å². The van der Waals surface area contributed by atoms with Crippen LogP contribution in [-0.2, 0) is 32.7 Å². The van der Waals surface area contributed by atoms with E-state index in [0.29, 0.717) is 17.4 Å². The third kappa shape index (κ3) is 69.1. The molecule has 0 N–H and O–H groups in total. The smallest absolute Gasteiger partial charge is 0.306 e. The number of hydrogen-bond acceptors (Lipinski definition) is 8. The molecule has 0 spiro atoms. The molecular formula is C74H140NO8P. The first-order chi connectivity index (χ1) is 41.0. The summed E-state index contributed by atoms with van der Waals surface area (Å²) < 4.78 is 34.4. The van der Waals surface area contributed by atoms with E-state index >= 15 is 0 Å². The van der Waals surface area contributed by atoms with Crippen LogP contribution in [0.3, 0.4) is 0 Å². The molecule has 2 atom stereocenters. The van der Waals surface area contributed by atoms with Crippen LogP contribution in [0.4, 0.5) is 0 Å². The second kappa shape index (κ2) is 65.4. The van der Waals surface area contributed by atoms with Crippen LogP contribution in [-0.4, -0.2) is 70.0 Å². The number of nitrogens with zero attached hydrogens (tertiary/aromatic N) is 1. The van der Waals surface area contributed by atoms with E-state index in [1.165, 1.54) is 283 Å². The zero-order valence-corrected chi connectivity index (χ0v) is 57.3. The number of rotatable bonds is 68. The van der Waals surface area contributed by atoms with Crippen LogP contribution in [0.2, 0.25) is 0 Å². The molecular weight excluding hydrogens is 1060 g/mol. The Morgan fingerprint density at radius 3 is 0.940 bits per heavy atom. The predicted molar refractivity (Wildman–Crippen MR) is 360 cm³/mol. The predicted octanol–water partition coefficient (Wildman–Crippen LogP) is 23.0. The minimum absolute atomic E-state index is 0.0288. The second-order valence-electron chi connectivity index (χ2n) is 26.0. The maximum absolute atomic E-state index is 12.9. The molecule has 0 aromatic heterocycles. The van der Waals surface area contributed by atoms with Crippen LogP contribution in [0, 0.1) is 0 Å². The Kier molecular flexibility index (Phi) is 63.8. The van der Waals surface area contributed by atoms with Gasteiger partial charge in [0, 0.05) is 12.8 Å². The molecule has 0 aliphatic heterocycles. The van der Waals surface area contributed by atoms with E-state index in [4.69, 9.17) is 18.5 Å². The Hall–Kier alpha value is -2.03. The summed E-state index contributed by atoms with van der Waals surface area (Å²) in [6.45, 7) is 4.28. The first kappa shape index (κ1) is 82.0. The normalized spacial score (nSPS) is 13.4. The Labute approximate surface area is 522 Å². The van der Waals surface area contributed by atoms with E-state index in [9.17, 15) is 19.0 Å². The number of ether oxygens (including phenoxy) is 2. The van der Waals surface area contributed by atoms with Crippen molar-refractivity contribution in [3.8, 4) is 0 Å². The maximum atomic E-state index is 12.9. The number of likely N-dealkylation sites (N-methyl/N-ethyl adjacent to an activating group) is 1. The van der Waals surface area contributed by atoms with Crippen molar-refractivity contribution in [3.05, 3.63) is 48.6 Å². The largest absolute Gasteiger partial charge is 0.756 e. The highest BCUT2D eigenvalue weighted by Gasteiger charge is 2.22. The topological polar surface area (TPSA) is 111 Å². The fourth-order valence-corrected chi connectivity index (χ4v) is 11.5. The van der Waals surface area contributed by atoms with Gasteiger partial charge in [-0.1, -0.05) is 319 Å². The number of phosphoric ester groups is 1. The van der Waals surface area contributed by atoms with Gasteiger partial charge in [-0.3, -0.25) is 14.2 Å². The number of phosphoric acid groups is 1. The highest BCUT2D eigenvalue weighted by Crippen LogP contribution is 2.38. The SMILES string of the molecule is CCCCCCC/C=C\C/C=C\CCCCCCCCCCCCCCCCCCCCCC(=O)OC(COC(=O)CCCCCCCCCCCCCCCCCCC/C=C\C/C=C\CCCCCCC)COP(=O)([O-])OCC[N+](C)(C)C. The van der Waals surface area contributed by atoms with Gasteiger partial charge < -0.3 is 27.9 Å². The minimum atomic E-state index is -4.64. The standard InChI is InChI=1S/C74H140NO8P/c1-6-8-10-12-14-16-18-20-22-24-26-28-30-32-34-36-37-39-41-43-45-47-49-51-53-55-57-59-61-63-65-67-74(77)83-72(71-82-84(78,79)81-69-68-75(3,4)5)70-80-73(76)66-64-62-60-58-56-54-52-50-48-46-44-42-40-38-35-33-31-29-27-25-23-21-19-17-15-13-11-9-7-2/h18-21,24-27,72H,6-17,22-23,28-71H2,1-5H3/b20-18-,21-19-,26-24-,27-25-. The molecule has 0 amide bonds. The summed E-state index contributed by atoms with van der Waals surface area (Å²) in [5, 5.41) is 0. The molecule has 0 aliphatic carbocycles. The Morgan fingerprint density at radius 2 is 0.643 bits per heavy atom. The van der Waals surface area contributed by atoms with E-state index < -0.39 is 26.5 Å². The van der Waals surface area contributed by atoms with Gasteiger partial charge in [-0.05, 0) is 77.0 Å². The summed E-state index contributed by atoms with van der Waals surface area (Å²) in [6.07, 6.45) is 84.9. The Morgan fingerprint density at radius 1 is 0.369 bits per heavy atom. The van der Waals surface area contributed by atoms with Crippen molar-refractivity contribution in [2.24, 2.45) is 0 Å². The summed E-state index contributed by atoms with van der Waals surface area (Å²) in [5.74, 6) is -0.813. The lowest BCUT2D eigenvalue weighted by molar-refractivity contribution is -0.870. The molecule has 10 heteroatoms. The van der Waals surface area contributed by atoms with Crippen molar-refractivity contribution in [3.63, 3.8) is 0 Å². The van der Waals surface area contributed by atoms with Crippen molar-refractivity contribution in [1.82, 2.24) is 0 Å². The van der Waals surface area contributed by atoms with Crippen molar-refractivity contribution in [2.45, 2.75) is 367 Å². The van der Waals surface area contributed by atoms with Crippen molar-refractivity contribution < 1.29 is 42.1 Å². The summed E-state index contributed by atoms with van der Waals surface area (Å²) in [4.78, 5) is 38.1. The number of hydrogen-bond donors (Lipinski definition) is 0. The van der Waals surface area contributed by atoms with Gasteiger partial charge in [-0.2, -0.15) is 0 Å². The van der Waals surface area contributed by atoms with Crippen LogP contribution < -0.4 is 4.89 Å². The van der Waals surface area contributed by atoms with Gasteiger partial charge in [0.15, 0.2) is 6.10 Å². The average Bonchev–Trinajstić information content (AvgIpc) is 3.61. The van der Waals surface area contributed by atoms with Crippen LogP contribution in [0.5, 0.6) is 0 Å². The highest BCUT2D eigenvalue weighted by molar-refractivity contribution is 7.45. The van der Waals surface area contributed by atoms with E-state index in [1.54, 1.807) is 0 Å². The van der Waals surface area contributed by atoms with Crippen LogP contribution in [0.15, 0.2) is 48.6 Å². The molecule has 0 aliphatic rings. The number of carbonyl (C=O) groups excluding carboxylic acids is 2. The molecule has 0 saturated heterocycles. The van der Waals surface area contributed by atoms with E-state index in [2.05, 4.69) is 62.5 Å². The number of quaternary nitrogens is 1. The fraction of sp³-hybridized carbons (Fsp3) is 0.865. The first-order valence-electron chi connectivity index (χ1n) is 36.3. The summed E-state index contributed by atoms with van der Waals surface area (Å²) >= 11 is 0. The van der Waals surface area contributed by atoms with E-state index in [1.807, 2.05) is 21.1 Å². The molecule has 0 fully saturated rings. The third-order valence-corrected chi connectivity index (χ3v) is 17.3. The lowest BCUT2D eigenvalue weighted by Crippen LogP contribution is -2.37. The molecule has 84 heavy (non-hydrogen) atoms. The summed E-state index contributed by atoms with van der Waals surface area (Å²) in [6, 6.07) is 0. The minimum Gasteiger partial charge on any atom is -0.756 e. The maximum Gasteiger partial charge on any atom is 0.306 e. The molecule has 0 heterocycles. The average molecular weight is 1200 g/mol. The second-order valence-corrected chi connectivity index (χ2v) is 27.4. The Bertz CT molecular complexity index is 1560.